The number of nitrogens with zero attached hydrogens (tertiary/aromatic N) is 2. The minimum atomic E-state index is 0.593. The zero-order valence-electron chi connectivity index (χ0n) is 19.5. The van der Waals surface area contributed by atoms with Gasteiger partial charge in [0, 0.05) is 34.5 Å². The molecule has 2 aliphatic heterocycles. The van der Waals surface area contributed by atoms with E-state index in [1.807, 2.05) is 27.0 Å². The van der Waals surface area contributed by atoms with Crippen molar-refractivity contribution in [3.8, 4) is 0 Å². The summed E-state index contributed by atoms with van der Waals surface area (Å²) in [6, 6.07) is 8.35. The number of nitrogens with one attached hydrogen (secondary N) is 2. The van der Waals surface area contributed by atoms with Gasteiger partial charge in [0.25, 0.3) is 0 Å². The molecule has 4 nitrogen and oxygen atoms in total. The second-order valence-corrected chi connectivity index (χ2v) is 9.28. The van der Waals surface area contributed by atoms with Crippen molar-refractivity contribution in [2.45, 2.75) is 40.0 Å². The summed E-state index contributed by atoms with van der Waals surface area (Å²) in [6.45, 7) is 20.5. The van der Waals surface area contributed by atoms with Gasteiger partial charge in [-0.05, 0) is 60.8 Å². The first-order valence-corrected chi connectivity index (χ1v) is 12.2. The van der Waals surface area contributed by atoms with Crippen molar-refractivity contribution in [2.75, 3.05) is 18.4 Å². The third-order valence-electron chi connectivity index (χ3n) is 5.51. The van der Waals surface area contributed by atoms with Gasteiger partial charge < -0.3 is 10.6 Å². The number of fused-ring (bicyclic) bond motifs is 1. The maximum absolute atomic E-state index is 4.87. The first-order chi connectivity index (χ1) is 15.5. The molecule has 1 aromatic heterocycles. The molecule has 1 saturated heterocycles. The summed E-state index contributed by atoms with van der Waals surface area (Å²) >= 11 is 1.60. The smallest absolute Gasteiger partial charge is 0.130 e. The Balaban J connectivity index is 0.00000141. The Labute approximate surface area is 196 Å². The molecule has 0 atom stereocenters. The molecule has 5 heteroatoms. The maximum atomic E-state index is 4.87. The maximum Gasteiger partial charge on any atom is 0.130 e. The number of hydrogen-bond acceptors (Lipinski definition) is 5. The molecular formula is C27H34N4S. The van der Waals surface area contributed by atoms with Crippen molar-refractivity contribution in [2.24, 2.45) is 10.9 Å². The highest BCUT2D eigenvalue weighted by Crippen LogP contribution is 2.33. The molecule has 0 radical (unpaired) electrons. The van der Waals surface area contributed by atoms with Crippen molar-refractivity contribution < 1.29 is 0 Å². The summed E-state index contributed by atoms with van der Waals surface area (Å²) in [7, 11) is 0. The number of hydrogen-bond donors (Lipinski definition) is 2. The van der Waals surface area contributed by atoms with Crippen molar-refractivity contribution in [3.05, 3.63) is 78.1 Å². The lowest BCUT2D eigenvalue weighted by atomic mass is 9.92. The van der Waals surface area contributed by atoms with Crippen LogP contribution in [0.5, 0.6) is 0 Å². The first-order valence-electron chi connectivity index (χ1n) is 11.4. The van der Waals surface area contributed by atoms with Gasteiger partial charge in [-0.3, -0.25) is 4.99 Å². The third kappa shape index (κ3) is 5.99. The number of aliphatic imine (C=N–C) groups is 1. The minimum Gasteiger partial charge on any atom is -0.339 e. The van der Waals surface area contributed by atoms with Crippen molar-refractivity contribution in [3.63, 3.8) is 0 Å². The van der Waals surface area contributed by atoms with E-state index in [0.29, 0.717) is 5.92 Å². The van der Waals surface area contributed by atoms with Gasteiger partial charge in [0.05, 0.1) is 11.4 Å². The quantitative estimate of drug-likeness (QED) is 0.474. The Morgan fingerprint density at radius 2 is 1.84 bits per heavy atom. The van der Waals surface area contributed by atoms with Crippen LogP contribution < -0.4 is 10.6 Å². The minimum absolute atomic E-state index is 0.593. The average molecular weight is 447 g/mol. The Hall–Kier alpha value is -2.63. The zero-order valence-corrected chi connectivity index (χ0v) is 20.3. The van der Waals surface area contributed by atoms with Crippen LogP contribution >= 0.6 is 11.8 Å². The van der Waals surface area contributed by atoms with Crippen LogP contribution in [0.4, 0.5) is 5.82 Å². The van der Waals surface area contributed by atoms with Crippen LogP contribution in [0.25, 0.3) is 15.7 Å². The molecule has 1 aromatic carbocycles. The lowest BCUT2D eigenvalue weighted by molar-refractivity contribution is 0.454. The second-order valence-electron chi connectivity index (χ2n) is 7.88. The molecule has 1 fully saturated rings. The van der Waals surface area contributed by atoms with E-state index in [-0.39, 0.29) is 0 Å². The summed E-state index contributed by atoms with van der Waals surface area (Å²) < 4.78 is 0. The molecule has 3 heterocycles. The van der Waals surface area contributed by atoms with Crippen molar-refractivity contribution >= 4 is 39.0 Å². The van der Waals surface area contributed by atoms with E-state index in [2.05, 4.69) is 65.7 Å². The summed E-state index contributed by atoms with van der Waals surface area (Å²) in [6.07, 6.45) is 7.32. The number of allylic oxidation sites excluding steroid dienone is 2. The molecule has 0 spiro atoms. The van der Waals surface area contributed by atoms with Crippen LogP contribution in [0, 0.1) is 5.92 Å². The number of aromatic nitrogens is 1. The normalized spacial score (nSPS) is 16.0. The van der Waals surface area contributed by atoms with Crippen LogP contribution in [-0.4, -0.2) is 23.8 Å². The van der Waals surface area contributed by atoms with Gasteiger partial charge in [-0.1, -0.05) is 63.6 Å². The van der Waals surface area contributed by atoms with Crippen LogP contribution in [0.3, 0.4) is 0 Å². The van der Waals surface area contributed by atoms with E-state index in [9.17, 15) is 0 Å². The summed E-state index contributed by atoms with van der Waals surface area (Å²) in [4.78, 5) is 11.5. The fourth-order valence-corrected chi connectivity index (χ4v) is 4.59. The van der Waals surface area contributed by atoms with Gasteiger partial charge in [-0.2, -0.15) is 0 Å². The highest BCUT2D eigenvalue weighted by atomic mass is 32.2. The largest absolute Gasteiger partial charge is 0.339 e. The number of benzene rings is 1. The number of piperidine rings is 1. The topological polar surface area (TPSA) is 49.3 Å². The highest BCUT2D eigenvalue weighted by Gasteiger charge is 2.22. The van der Waals surface area contributed by atoms with Crippen LogP contribution in [0.15, 0.2) is 77.6 Å². The number of rotatable bonds is 7. The molecule has 2 N–H and O–H groups in total. The predicted molar refractivity (Wildman–Crippen MR) is 143 cm³/mol. The molecule has 0 aliphatic carbocycles. The fraction of sp³-hybridized carbons (Fsp3) is 0.333. The second kappa shape index (κ2) is 11.3. The van der Waals surface area contributed by atoms with Gasteiger partial charge in [0.15, 0.2) is 0 Å². The molecule has 2 aromatic rings. The highest BCUT2D eigenvalue weighted by molar-refractivity contribution is 8.11. The summed E-state index contributed by atoms with van der Waals surface area (Å²) in [5, 5.41) is 8.97. The Morgan fingerprint density at radius 3 is 2.56 bits per heavy atom. The molecule has 4 rings (SSSR count). The fourth-order valence-electron chi connectivity index (χ4n) is 3.92. The Bertz CT molecular complexity index is 1070. The SMILES string of the molecule is C=C(C)SC(=C)c1ccc2cnc(NC(=C)C3=CCC(C4CCNCC4)=N3)cc2c1.CC. The van der Waals surface area contributed by atoms with E-state index in [1.165, 1.54) is 18.6 Å². The van der Waals surface area contributed by atoms with E-state index < -0.39 is 0 Å². The molecule has 0 unspecified atom stereocenters. The van der Waals surface area contributed by atoms with Crippen LogP contribution in [0.2, 0.25) is 0 Å². The molecule has 0 saturated carbocycles. The van der Waals surface area contributed by atoms with E-state index in [1.54, 1.807) is 11.8 Å². The molecular weight excluding hydrogens is 412 g/mol. The zero-order chi connectivity index (χ0) is 23.1. The molecule has 168 valence electrons. The third-order valence-corrected chi connectivity index (χ3v) is 6.34. The van der Waals surface area contributed by atoms with E-state index in [0.717, 1.165) is 62.9 Å². The van der Waals surface area contributed by atoms with Gasteiger partial charge in [-0.25, -0.2) is 4.98 Å². The average Bonchev–Trinajstić information content (AvgIpc) is 3.31. The number of pyridine rings is 1. The first kappa shape index (κ1) is 24.0. The lowest BCUT2D eigenvalue weighted by Gasteiger charge is -2.22. The molecule has 2 aliphatic rings. The van der Waals surface area contributed by atoms with Gasteiger partial charge in [0.1, 0.15) is 5.82 Å². The Kier molecular flexibility index (Phi) is 8.48. The Morgan fingerprint density at radius 1 is 1.09 bits per heavy atom. The van der Waals surface area contributed by atoms with Crippen LogP contribution in [0.1, 0.15) is 45.6 Å². The van der Waals surface area contributed by atoms with Crippen molar-refractivity contribution in [1.82, 2.24) is 10.3 Å². The molecule has 32 heavy (non-hydrogen) atoms. The molecule has 0 amide bonds. The predicted octanol–water partition coefficient (Wildman–Crippen LogP) is 7.15. The summed E-state index contributed by atoms with van der Waals surface area (Å²) in [5.41, 5.74) is 4.12. The summed E-state index contributed by atoms with van der Waals surface area (Å²) in [5.74, 6) is 1.37. The van der Waals surface area contributed by atoms with Gasteiger partial charge >= 0.3 is 0 Å². The van der Waals surface area contributed by atoms with E-state index in [4.69, 9.17) is 4.99 Å². The van der Waals surface area contributed by atoms with E-state index >= 15 is 0 Å². The standard InChI is InChI=1S/C25H28N4S.C2H6/c1-16(2)30-18(4)20-5-6-21-15-27-25(14-22(21)13-20)28-17(3)23-7-8-24(29-23)19-9-11-26-12-10-19;1-2/h5-7,13-15,19,26H,1,3-4,8-12H2,2H3,(H,27,28);1-2H3. The number of anilines is 1. The molecule has 0 bridgehead atoms. The van der Waals surface area contributed by atoms with Crippen LogP contribution in [-0.2, 0) is 0 Å². The van der Waals surface area contributed by atoms with Gasteiger partial charge in [0.2, 0.25) is 0 Å². The lowest BCUT2D eigenvalue weighted by Crippen LogP contribution is -2.31. The number of thioether (sulfide) groups is 1. The van der Waals surface area contributed by atoms with Gasteiger partial charge in [-0.15, -0.1) is 0 Å². The van der Waals surface area contributed by atoms with Crippen molar-refractivity contribution in [1.29, 1.82) is 0 Å². The monoisotopic (exact) mass is 446 g/mol.